The normalized spacial score (nSPS) is 24.1. The van der Waals surface area contributed by atoms with Crippen LogP contribution in [-0.2, 0) is 0 Å². The quantitative estimate of drug-likeness (QED) is 0.648. The molecule has 2 rings (SSSR count). The number of nitrogens with zero attached hydrogens (tertiary/aromatic N) is 1. The number of rotatable bonds is 1. The molecule has 0 aliphatic carbocycles. The molecule has 1 saturated heterocycles. The Balaban J connectivity index is 2.16. The van der Waals surface area contributed by atoms with Crippen molar-refractivity contribution in [1.82, 2.24) is 4.90 Å². The fraction of sp³-hybridized carbons (Fsp3) is 0.462. The summed E-state index contributed by atoms with van der Waals surface area (Å²) in [5.41, 5.74) is 0.642. The van der Waals surface area contributed by atoms with Crippen LogP contribution in [0.15, 0.2) is 22.7 Å². The van der Waals surface area contributed by atoms with E-state index in [1.54, 1.807) is 12.1 Å². The number of hydrogen-bond acceptors (Lipinski definition) is 1. The molecule has 0 N–H and O–H groups in total. The van der Waals surface area contributed by atoms with Crippen LogP contribution >= 0.6 is 43.5 Å². The lowest BCUT2D eigenvalue weighted by molar-refractivity contribution is 0.0706. The number of carbonyl (C=O) groups is 1. The average Bonchev–Trinajstić information content (AvgIpc) is 2.30. The summed E-state index contributed by atoms with van der Waals surface area (Å²) in [4.78, 5) is 14.6. The van der Waals surface area contributed by atoms with E-state index in [2.05, 4.69) is 38.8 Å². The summed E-state index contributed by atoms with van der Waals surface area (Å²) in [5, 5.41) is 0.577. The first-order chi connectivity index (χ1) is 8.47. The minimum absolute atomic E-state index is 0.0505. The number of piperidine rings is 1. The topological polar surface area (TPSA) is 20.3 Å². The highest BCUT2D eigenvalue weighted by molar-refractivity contribution is 9.10. The van der Waals surface area contributed by atoms with Gasteiger partial charge in [0.2, 0.25) is 0 Å². The molecule has 0 spiro atoms. The lowest BCUT2D eigenvalue weighted by Gasteiger charge is -2.34. The molecule has 2 nitrogen and oxygen atoms in total. The Bertz CT molecular complexity index is 446. The van der Waals surface area contributed by atoms with Crippen LogP contribution in [0.3, 0.4) is 0 Å². The van der Waals surface area contributed by atoms with Crippen LogP contribution in [-0.4, -0.2) is 28.7 Å². The maximum Gasteiger partial charge on any atom is 0.253 e. The van der Waals surface area contributed by atoms with E-state index < -0.39 is 0 Å². The van der Waals surface area contributed by atoms with E-state index in [0.29, 0.717) is 21.3 Å². The lowest BCUT2D eigenvalue weighted by atomic mass is 9.98. The monoisotopic (exact) mass is 393 g/mol. The highest BCUT2D eigenvalue weighted by atomic mass is 79.9. The predicted molar refractivity (Wildman–Crippen MR) is 81.6 cm³/mol. The zero-order chi connectivity index (χ0) is 13.3. The van der Waals surface area contributed by atoms with Crippen LogP contribution in [0.4, 0.5) is 0 Å². The first-order valence-corrected chi connectivity index (χ1v) is 7.95. The van der Waals surface area contributed by atoms with Crippen molar-refractivity contribution in [1.29, 1.82) is 0 Å². The number of hydrogen-bond donors (Lipinski definition) is 0. The summed E-state index contributed by atoms with van der Waals surface area (Å²) in [5.74, 6) is 0.662. The zero-order valence-electron chi connectivity index (χ0n) is 10.00. The molecular formula is C13H14Br2ClNO. The van der Waals surface area contributed by atoms with Crippen LogP contribution in [0.1, 0.15) is 23.7 Å². The number of benzene rings is 1. The number of likely N-dealkylation sites (tertiary alicyclic amines) is 1. The Morgan fingerprint density at radius 2 is 2.17 bits per heavy atom. The van der Waals surface area contributed by atoms with Crippen molar-refractivity contribution in [2.45, 2.75) is 18.2 Å². The number of amides is 1. The first kappa shape index (κ1) is 14.4. The van der Waals surface area contributed by atoms with Gasteiger partial charge in [0.15, 0.2) is 0 Å². The third-order valence-corrected chi connectivity index (χ3v) is 5.13. The molecule has 18 heavy (non-hydrogen) atoms. The van der Waals surface area contributed by atoms with Gasteiger partial charge in [0.25, 0.3) is 5.91 Å². The maximum atomic E-state index is 12.4. The minimum Gasteiger partial charge on any atom is -0.338 e. The SMILES string of the molecule is CC1CCN(C(=O)c2cc(Cl)cc(Br)c2)CC1Br. The van der Waals surface area contributed by atoms with E-state index in [9.17, 15) is 4.79 Å². The van der Waals surface area contributed by atoms with Gasteiger partial charge in [0, 0.05) is 33.0 Å². The Labute approximate surface area is 129 Å². The molecule has 0 saturated carbocycles. The second kappa shape index (κ2) is 5.93. The molecule has 2 atom stereocenters. The average molecular weight is 396 g/mol. The maximum absolute atomic E-state index is 12.4. The van der Waals surface area contributed by atoms with Gasteiger partial charge in [0.1, 0.15) is 0 Å². The summed E-state index contributed by atoms with van der Waals surface area (Å²) >= 11 is 13.0. The molecule has 2 unspecified atom stereocenters. The van der Waals surface area contributed by atoms with Crippen LogP contribution in [0.5, 0.6) is 0 Å². The fourth-order valence-electron chi connectivity index (χ4n) is 2.07. The zero-order valence-corrected chi connectivity index (χ0v) is 13.9. The third-order valence-electron chi connectivity index (χ3n) is 3.26. The molecule has 5 heteroatoms. The van der Waals surface area contributed by atoms with Gasteiger partial charge in [0.05, 0.1) is 0 Å². The Hall–Kier alpha value is -0.0600. The molecule has 0 aromatic heterocycles. The third kappa shape index (κ3) is 3.28. The van der Waals surface area contributed by atoms with Crippen molar-refractivity contribution in [3.8, 4) is 0 Å². The Morgan fingerprint density at radius 3 is 2.78 bits per heavy atom. The van der Waals surface area contributed by atoms with Crippen molar-refractivity contribution < 1.29 is 4.79 Å². The van der Waals surface area contributed by atoms with Crippen molar-refractivity contribution >= 4 is 49.4 Å². The standard InChI is InChI=1S/C13H14Br2ClNO/c1-8-2-3-17(7-12(8)15)13(18)9-4-10(14)6-11(16)5-9/h4-6,8,12H,2-3,7H2,1H3. The van der Waals surface area contributed by atoms with E-state index in [1.807, 2.05) is 11.0 Å². The van der Waals surface area contributed by atoms with Crippen LogP contribution in [0, 0.1) is 5.92 Å². The van der Waals surface area contributed by atoms with Crippen molar-refractivity contribution in [3.63, 3.8) is 0 Å². The smallest absolute Gasteiger partial charge is 0.253 e. The van der Waals surface area contributed by atoms with Crippen molar-refractivity contribution in [3.05, 3.63) is 33.3 Å². The summed E-state index contributed by atoms with van der Waals surface area (Å²) in [7, 11) is 0. The molecule has 1 aromatic carbocycles. The molecule has 0 radical (unpaired) electrons. The van der Waals surface area contributed by atoms with Gasteiger partial charge < -0.3 is 4.90 Å². The van der Waals surface area contributed by atoms with Gasteiger partial charge >= 0.3 is 0 Å². The largest absolute Gasteiger partial charge is 0.338 e. The number of carbonyl (C=O) groups excluding carboxylic acids is 1. The molecule has 1 aromatic rings. The summed E-state index contributed by atoms with van der Waals surface area (Å²) < 4.78 is 0.833. The molecule has 1 aliphatic heterocycles. The lowest BCUT2D eigenvalue weighted by Crippen LogP contribution is -2.43. The van der Waals surface area contributed by atoms with Gasteiger partial charge in [-0.1, -0.05) is 50.4 Å². The van der Waals surface area contributed by atoms with Crippen LogP contribution in [0.2, 0.25) is 5.02 Å². The van der Waals surface area contributed by atoms with E-state index in [4.69, 9.17) is 11.6 Å². The molecule has 1 fully saturated rings. The molecule has 98 valence electrons. The Morgan fingerprint density at radius 1 is 1.44 bits per heavy atom. The predicted octanol–water partition coefficient (Wildman–Crippen LogP) is 4.35. The molecular weight excluding hydrogens is 381 g/mol. The van der Waals surface area contributed by atoms with Crippen LogP contribution < -0.4 is 0 Å². The van der Waals surface area contributed by atoms with Crippen molar-refractivity contribution in [2.24, 2.45) is 5.92 Å². The first-order valence-electron chi connectivity index (χ1n) is 5.87. The Kier molecular flexibility index (Phi) is 4.73. The van der Waals surface area contributed by atoms with Gasteiger partial charge in [-0.3, -0.25) is 4.79 Å². The second-order valence-corrected chi connectivity index (χ2v) is 7.22. The number of halogens is 3. The van der Waals surface area contributed by atoms with Crippen LogP contribution in [0.25, 0.3) is 0 Å². The number of alkyl halides is 1. The van der Waals surface area contributed by atoms with Gasteiger partial charge in [-0.25, -0.2) is 0 Å². The van der Waals surface area contributed by atoms with Crippen molar-refractivity contribution in [2.75, 3.05) is 13.1 Å². The molecule has 0 bridgehead atoms. The molecule has 1 amide bonds. The molecule has 1 aliphatic rings. The fourth-order valence-corrected chi connectivity index (χ4v) is 3.54. The highest BCUT2D eigenvalue weighted by Gasteiger charge is 2.27. The van der Waals surface area contributed by atoms with Gasteiger partial charge in [-0.2, -0.15) is 0 Å². The van der Waals surface area contributed by atoms with E-state index >= 15 is 0 Å². The summed E-state index contributed by atoms with van der Waals surface area (Å²) in [6, 6.07) is 5.31. The van der Waals surface area contributed by atoms with Gasteiger partial charge in [-0.05, 0) is 30.5 Å². The second-order valence-electron chi connectivity index (χ2n) is 4.69. The summed E-state index contributed by atoms with van der Waals surface area (Å²) in [6.45, 7) is 3.77. The van der Waals surface area contributed by atoms with Gasteiger partial charge in [-0.15, -0.1) is 0 Å². The summed E-state index contributed by atoms with van der Waals surface area (Å²) in [6.07, 6.45) is 1.03. The highest BCUT2D eigenvalue weighted by Crippen LogP contribution is 2.26. The molecule has 1 heterocycles. The van der Waals surface area contributed by atoms with E-state index in [-0.39, 0.29) is 5.91 Å². The minimum atomic E-state index is 0.0505. The van der Waals surface area contributed by atoms with E-state index in [0.717, 1.165) is 24.0 Å². The van der Waals surface area contributed by atoms with E-state index in [1.165, 1.54) is 0 Å².